The predicted molar refractivity (Wildman–Crippen MR) is 153 cm³/mol. The molecule has 232 valence electrons. The number of carbonyl (C=O) groups is 5. The summed E-state index contributed by atoms with van der Waals surface area (Å²) < 4.78 is 0. The van der Waals surface area contributed by atoms with Gasteiger partial charge in [0.05, 0.1) is 26.2 Å². The number of amides is 1. The molecule has 0 aromatic carbocycles. The van der Waals surface area contributed by atoms with Crippen molar-refractivity contribution in [1.82, 2.24) is 19.6 Å². The molecule has 0 saturated heterocycles. The number of hydrogen-bond donors (Lipinski definition) is 4. The lowest BCUT2D eigenvalue weighted by molar-refractivity contribution is -0.144. The quantitative estimate of drug-likeness (QED) is 0.0840. The molecule has 0 bridgehead atoms. The van der Waals surface area contributed by atoms with E-state index in [4.69, 9.17) is 5.11 Å². The van der Waals surface area contributed by atoms with Gasteiger partial charge in [-0.3, -0.25) is 38.7 Å². The smallest absolute Gasteiger partial charge is 0.317 e. The maximum absolute atomic E-state index is 12.8. The van der Waals surface area contributed by atoms with E-state index < -0.39 is 43.0 Å². The second kappa shape index (κ2) is 22.4. The van der Waals surface area contributed by atoms with Crippen molar-refractivity contribution in [3.05, 3.63) is 0 Å². The summed E-state index contributed by atoms with van der Waals surface area (Å²) in [6.07, 6.45) is 5.95. The number of aliphatic carboxylic acids is 4. The minimum atomic E-state index is -1.20. The third kappa shape index (κ3) is 18.9. The topological polar surface area (TPSA) is 179 Å². The van der Waals surface area contributed by atoms with Gasteiger partial charge in [-0.25, -0.2) is 0 Å². The second-order valence-corrected chi connectivity index (χ2v) is 10.3. The third-order valence-electron chi connectivity index (χ3n) is 6.46. The van der Waals surface area contributed by atoms with Gasteiger partial charge in [0.2, 0.25) is 5.91 Å². The van der Waals surface area contributed by atoms with Crippen LogP contribution in [0.4, 0.5) is 0 Å². The molecular weight excluding hydrogens is 543 g/mol. The fraction of sp³-hybridized carbons (Fsp3) is 0.808. The lowest BCUT2D eigenvalue weighted by Crippen LogP contribution is -2.50. The third-order valence-corrected chi connectivity index (χ3v) is 6.98. The molecule has 14 heteroatoms. The predicted octanol–water partition coefficient (Wildman–Crippen LogP) is 1.42. The summed E-state index contributed by atoms with van der Waals surface area (Å²) in [5.41, 5.74) is 0. The Morgan fingerprint density at radius 3 is 1.57 bits per heavy atom. The molecule has 0 heterocycles. The largest absolute Gasteiger partial charge is 0.480 e. The molecule has 0 aliphatic heterocycles. The molecule has 40 heavy (non-hydrogen) atoms. The van der Waals surface area contributed by atoms with E-state index in [-0.39, 0.29) is 38.6 Å². The Labute approximate surface area is 239 Å². The summed E-state index contributed by atoms with van der Waals surface area (Å²) in [6, 6.07) is -0.595. The number of unbranched alkanes of at least 4 members (excludes halogenated alkanes) is 3. The first-order chi connectivity index (χ1) is 18.9. The molecule has 0 radical (unpaired) electrons. The van der Waals surface area contributed by atoms with Gasteiger partial charge < -0.3 is 25.3 Å². The van der Waals surface area contributed by atoms with Crippen LogP contribution in [0.15, 0.2) is 0 Å². The standard InChI is InChI=1S/C26H49N4O9P/c1-3-5-11-29(12-6-4-2)22(31)10-8-7-9-21(30(18-25(36)37)19-26(38)39)15-27(16-23(32)33)13-14-28(20-40)17-24(34)35/h21H,3-20,40H2,1-2H3,(H,32,33)(H,34,35)(H,36,37)(H,38,39). The molecule has 0 rings (SSSR count). The molecule has 0 aliphatic carbocycles. The van der Waals surface area contributed by atoms with Crippen LogP contribution in [0.25, 0.3) is 0 Å². The van der Waals surface area contributed by atoms with Crippen molar-refractivity contribution in [2.45, 2.75) is 71.3 Å². The minimum Gasteiger partial charge on any atom is -0.480 e. The van der Waals surface area contributed by atoms with Crippen LogP contribution in [0.5, 0.6) is 0 Å². The lowest BCUT2D eigenvalue weighted by atomic mass is 10.0. The highest BCUT2D eigenvalue weighted by Crippen LogP contribution is 2.14. The first-order valence-electron chi connectivity index (χ1n) is 14.0. The van der Waals surface area contributed by atoms with Gasteiger partial charge >= 0.3 is 23.9 Å². The van der Waals surface area contributed by atoms with Gasteiger partial charge in [-0.15, -0.1) is 9.24 Å². The average molecular weight is 593 g/mol. The van der Waals surface area contributed by atoms with Crippen molar-refractivity contribution in [2.75, 3.05) is 65.2 Å². The van der Waals surface area contributed by atoms with E-state index >= 15 is 0 Å². The molecule has 0 saturated carbocycles. The van der Waals surface area contributed by atoms with E-state index in [2.05, 4.69) is 23.1 Å². The molecule has 0 spiro atoms. The Bertz CT molecular complexity index is 763. The zero-order chi connectivity index (χ0) is 30.5. The Morgan fingerprint density at radius 1 is 0.650 bits per heavy atom. The summed E-state index contributed by atoms with van der Waals surface area (Å²) in [6.45, 7) is 4.44. The van der Waals surface area contributed by atoms with Crippen LogP contribution in [0.1, 0.15) is 65.2 Å². The summed E-state index contributed by atoms with van der Waals surface area (Å²) in [5, 5.41) is 37.3. The van der Waals surface area contributed by atoms with E-state index in [0.29, 0.717) is 45.1 Å². The van der Waals surface area contributed by atoms with E-state index in [9.17, 15) is 39.3 Å². The van der Waals surface area contributed by atoms with Gasteiger partial charge in [0.15, 0.2) is 0 Å². The SMILES string of the molecule is CCCCN(CCCC)C(=O)CCCCC(CN(CCN(CP)CC(=O)O)CC(=O)O)N(CC(=O)O)CC(=O)O. The molecular formula is C26H49N4O9P. The van der Waals surface area contributed by atoms with Gasteiger partial charge in [0, 0.05) is 51.5 Å². The number of carboxylic acids is 4. The van der Waals surface area contributed by atoms with Gasteiger partial charge in [-0.2, -0.15) is 0 Å². The number of nitrogens with zero attached hydrogens (tertiary/aromatic N) is 4. The average Bonchev–Trinajstić information content (AvgIpc) is 2.86. The minimum absolute atomic E-state index is 0.0647. The Kier molecular flexibility index (Phi) is 21.1. The highest BCUT2D eigenvalue weighted by molar-refractivity contribution is 7.16. The number of carboxylic acid groups (broad SMARTS) is 4. The van der Waals surface area contributed by atoms with E-state index in [1.165, 1.54) is 4.90 Å². The Hall–Kier alpha value is -2.34. The lowest BCUT2D eigenvalue weighted by Gasteiger charge is -2.34. The first kappa shape index (κ1) is 37.7. The van der Waals surface area contributed by atoms with Crippen LogP contribution < -0.4 is 0 Å². The fourth-order valence-corrected chi connectivity index (χ4v) is 4.67. The summed E-state index contributed by atoms with van der Waals surface area (Å²) in [7, 11) is 2.43. The molecule has 0 aromatic rings. The molecule has 13 nitrogen and oxygen atoms in total. The second-order valence-electron chi connectivity index (χ2n) is 9.94. The van der Waals surface area contributed by atoms with Gasteiger partial charge in [-0.1, -0.05) is 33.1 Å². The van der Waals surface area contributed by atoms with E-state index in [1.807, 2.05) is 4.90 Å². The summed E-state index contributed by atoms with van der Waals surface area (Å²) in [5.74, 6) is -4.47. The van der Waals surface area contributed by atoms with Crippen LogP contribution in [0, 0.1) is 0 Å². The van der Waals surface area contributed by atoms with Crippen molar-refractivity contribution in [3.63, 3.8) is 0 Å². The number of rotatable bonds is 26. The molecule has 4 N–H and O–H groups in total. The van der Waals surface area contributed by atoms with Crippen LogP contribution in [0.3, 0.4) is 0 Å². The van der Waals surface area contributed by atoms with E-state index in [0.717, 1.165) is 25.7 Å². The van der Waals surface area contributed by atoms with Crippen LogP contribution in [-0.4, -0.2) is 141 Å². The highest BCUT2D eigenvalue weighted by Gasteiger charge is 2.26. The molecule has 2 unspecified atom stereocenters. The number of hydrogen-bond acceptors (Lipinski definition) is 8. The van der Waals surface area contributed by atoms with Gasteiger partial charge in [-0.05, 0) is 25.7 Å². The van der Waals surface area contributed by atoms with E-state index in [1.54, 1.807) is 9.80 Å². The van der Waals surface area contributed by atoms with Crippen LogP contribution in [-0.2, 0) is 24.0 Å². The van der Waals surface area contributed by atoms with Crippen molar-refractivity contribution >= 4 is 39.0 Å². The maximum atomic E-state index is 12.8. The highest BCUT2D eigenvalue weighted by atomic mass is 31.0. The van der Waals surface area contributed by atoms with Crippen molar-refractivity contribution in [3.8, 4) is 0 Å². The molecule has 0 fully saturated rings. The summed E-state index contributed by atoms with van der Waals surface area (Å²) >= 11 is 0. The Morgan fingerprint density at radius 2 is 1.12 bits per heavy atom. The van der Waals surface area contributed by atoms with Crippen molar-refractivity contribution in [2.24, 2.45) is 0 Å². The molecule has 0 aromatic heterocycles. The molecule has 1 amide bonds. The normalized spacial score (nSPS) is 12.2. The number of carbonyl (C=O) groups excluding carboxylic acids is 1. The summed E-state index contributed by atoms with van der Waals surface area (Å²) in [4.78, 5) is 64.9. The van der Waals surface area contributed by atoms with Gasteiger partial charge in [0.25, 0.3) is 0 Å². The monoisotopic (exact) mass is 592 g/mol. The van der Waals surface area contributed by atoms with Crippen molar-refractivity contribution in [1.29, 1.82) is 0 Å². The zero-order valence-corrected chi connectivity index (χ0v) is 25.2. The molecule has 0 aliphatic rings. The zero-order valence-electron chi connectivity index (χ0n) is 24.0. The molecule has 2 atom stereocenters. The maximum Gasteiger partial charge on any atom is 0.317 e. The van der Waals surface area contributed by atoms with Crippen LogP contribution >= 0.6 is 9.24 Å². The first-order valence-corrected chi connectivity index (χ1v) is 14.8. The fourth-order valence-electron chi connectivity index (χ4n) is 4.36. The van der Waals surface area contributed by atoms with Crippen molar-refractivity contribution < 1.29 is 44.4 Å². The Balaban J connectivity index is 5.54. The van der Waals surface area contributed by atoms with Gasteiger partial charge in [0.1, 0.15) is 0 Å². The van der Waals surface area contributed by atoms with Crippen LogP contribution in [0.2, 0.25) is 0 Å².